The molecule has 0 amide bonds. The number of furan rings is 1. The normalized spacial score (nSPS) is 13.5. The zero-order valence-electron chi connectivity index (χ0n) is 33.5. The van der Waals surface area contributed by atoms with Crippen LogP contribution in [-0.2, 0) is 5.41 Å². The van der Waals surface area contributed by atoms with E-state index in [4.69, 9.17) is 4.42 Å². The molecule has 288 valence electrons. The van der Waals surface area contributed by atoms with Crippen molar-refractivity contribution in [3.63, 3.8) is 0 Å². The minimum absolute atomic E-state index is 0.409. The molecular formula is C58H39NOS. The summed E-state index contributed by atoms with van der Waals surface area (Å²) in [5.41, 5.74) is 18.3. The summed E-state index contributed by atoms with van der Waals surface area (Å²) in [5, 5.41) is 2.25. The van der Waals surface area contributed by atoms with Crippen LogP contribution in [0.5, 0.6) is 0 Å². The average Bonchev–Trinajstić information content (AvgIpc) is 3.83. The van der Waals surface area contributed by atoms with Gasteiger partial charge in [0, 0.05) is 38.0 Å². The molecule has 0 unspecified atom stereocenters. The molecule has 2 aliphatic rings. The molecule has 1 aliphatic heterocycles. The Morgan fingerprint density at radius 1 is 0.475 bits per heavy atom. The van der Waals surface area contributed by atoms with Crippen LogP contribution in [0.25, 0.3) is 44.7 Å². The Kier molecular flexibility index (Phi) is 8.26. The zero-order chi connectivity index (χ0) is 40.5. The molecule has 12 rings (SSSR count). The van der Waals surface area contributed by atoms with E-state index in [9.17, 15) is 0 Å². The summed E-state index contributed by atoms with van der Waals surface area (Å²) < 4.78 is 6.73. The van der Waals surface area contributed by atoms with Crippen LogP contribution < -0.4 is 4.90 Å². The first-order chi connectivity index (χ1) is 30.1. The van der Waals surface area contributed by atoms with Gasteiger partial charge >= 0.3 is 0 Å². The smallest absolute Gasteiger partial charge is 0.137 e. The average molecular weight is 798 g/mol. The summed E-state index contributed by atoms with van der Waals surface area (Å²) in [7, 11) is 0. The number of hydrogen-bond acceptors (Lipinski definition) is 3. The standard InChI is InChI=1S/C58H39NOS/c1-38-33-44(59(42-19-7-3-8-20-42)43-21-9-4-10-22-43)37-54-57(38)48-36-41(30-32-53(48)60-54)46(34-39-17-5-2-6-18-39)40-29-31-50-47(35-40)45-23-11-12-24-49(45)58(50)51-25-13-15-27-55(51)61-56-28-16-14-26-52(56)58/h2-37H,1H3/b46-34+. The number of anilines is 3. The number of rotatable bonds is 6. The van der Waals surface area contributed by atoms with Crippen LogP contribution in [0.15, 0.2) is 227 Å². The molecule has 2 nitrogen and oxygen atoms in total. The quantitative estimate of drug-likeness (QED) is 0.156. The highest BCUT2D eigenvalue weighted by Gasteiger charge is 2.50. The van der Waals surface area contributed by atoms with Gasteiger partial charge < -0.3 is 9.32 Å². The molecule has 0 N–H and O–H groups in total. The monoisotopic (exact) mass is 797 g/mol. The molecule has 0 saturated heterocycles. The van der Waals surface area contributed by atoms with Gasteiger partial charge in [-0.15, -0.1) is 0 Å². The SMILES string of the molecule is Cc1cc(N(c2ccccc2)c2ccccc2)cc2oc3ccc(/C(=C/c4ccccc4)c4ccc5c(c4)-c4ccccc4C54c5ccccc5Sc5ccccc54)cc3c12. The van der Waals surface area contributed by atoms with Crippen molar-refractivity contribution >= 4 is 62.4 Å². The molecule has 2 heterocycles. The number of nitrogens with zero attached hydrogens (tertiary/aromatic N) is 1. The summed E-state index contributed by atoms with van der Waals surface area (Å²) >= 11 is 1.88. The molecule has 1 spiro atoms. The number of fused-ring (bicyclic) bond motifs is 12. The Bertz CT molecular complexity index is 3260. The van der Waals surface area contributed by atoms with Gasteiger partial charge in [-0.05, 0) is 135 Å². The topological polar surface area (TPSA) is 16.4 Å². The van der Waals surface area contributed by atoms with Crippen molar-refractivity contribution in [3.05, 3.63) is 257 Å². The fourth-order valence-electron chi connectivity index (χ4n) is 10.1. The Morgan fingerprint density at radius 3 is 1.72 bits per heavy atom. The van der Waals surface area contributed by atoms with Gasteiger partial charge in [0.2, 0.25) is 0 Å². The number of benzene rings is 9. The second kappa shape index (κ2) is 14.2. The summed E-state index contributed by atoms with van der Waals surface area (Å²) in [6.45, 7) is 2.20. The summed E-state index contributed by atoms with van der Waals surface area (Å²) in [4.78, 5) is 4.92. The van der Waals surface area contributed by atoms with Gasteiger partial charge in [-0.25, -0.2) is 0 Å². The Balaban J connectivity index is 1.04. The summed E-state index contributed by atoms with van der Waals surface area (Å²) in [6.07, 6.45) is 2.34. The largest absolute Gasteiger partial charge is 0.456 e. The Morgan fingerprint density at radius 2 is 1.03 bits per heavy atom. The summed E-state index contributed by atoms with van der Waals surface area (Å²) in [6, 6.07) is 77.2. The van der Waals surface area contributed by atoms with E-state index in [0.29, 0.717) is 0 Å². The third-order valence-electron chi connectivity index (χ3n) is 12.6. The van der Waals surface area contributed by atoms with E-state index in [1.54, 1.807) is 0 Å². The van der Waals surface area contributed by atoms with Gasteiger partial charge in [0.05, 0.1) is 11.1 Å². The molecule has 1 aliphatic carbocycles. The van der Waals surface area contributed by atoms with Crippen LogP contribution in [0.4, 0.5) is 17.1 Å². The highest BCUT2D eigenvalue weighted by atomic mass is 32.2. The van der Waals surface area contributed by atoms with E-state index in [1.165, 1.54) is 54.3 Å². The maximum absolute atomic E-state index is 6.73. The van der Waals surface area contributed by atoms with Crippen LogP contribution >= 0.6 is 11.8 Å². The molecular weight excluding hydrogens is 759 g/mol. The lowest BCUT2D eigenvalue weighted by molar-refractivity contribution is 0.669. The Hall–Kier alpha value is -7.33. The lowest BCUT2D eigenvalue weighted by Crippen LogP contribution is -2.31. The number of para-hydroxylation sites is 2. The minimum atomic E-state index is -0.409. The van der Waals surface area contributed by atoms with Gasteiger partial charge in [-0.1, -0.05) is 157 Å². The van der Waals surface area contributed by atoms with Gasteiger partial charge in [0.1, 0.15) is 11.2 Å². The van der Waals surface area contributed by atoms with Crippen LogP contribution in [0.3, 0.4) is 0 Å². The van der Waals surface area contributed by atoms with Crippen molar-refractivity contribution < 1.29 is 4.42 Å². The number of aryl methyl sites for hydroxylation is 1. The van der Waals surface area contributed by atoms with E-state index in [-0.39, 0.29) is 0 Å². The van der Waals surface area contributed by atoms with Crippen LogP contribution in [0.1, 0.15) is 44.5 Å². The first kappa shape index (κ1) is 35.6. The molecule has 61 heavy (non-hydrogen) atoms. The van der Waals surface area contributed by atoms with Gasteiger partial charge in [0.25, 0.3) is 0 Å². The van der Waals surface area contributed by atoms with Gasteiger partial charge in [-0.2, -0.15) is 0 Å². The molecule has 0 saturated carbocycles. The van der Waals surface area contributed by atoms with Gasteiger partial charge in [0.15, 0.2) is 0 Å². The first-order valence-corrected chi connectivity index (χ1v) is 21.7. The number of hydrogen-bond donors (Lipinski definition) is 0. The van der Waals surface area contributed by atoms with Crippen molar-refractivity contribution in [1.82, 2.24) is 0 Å². The first-order valence-electron chi connectivity index (χ1n) is 20.9. The van der Waals surface area contributed by atoms with E-state index in [1.807, 2.05) is 11.8 Å². The molecule has 0 atom stereocenters. The molecule has 10 aromatic rings. The van der Waals surface area contributed by atoms with Crippen molar-refractivity contribution in [2.24, 2.45) is 0 Å². The molecule has 0 bridgehead atoms. The van der Waals surface area contributed by atoms with Crippen LogP contribution in [0.2, 0.25) is 0 Å². The second-order valence-electron chi connectivity index (χ2n) is 16.1. The van der Waals surface area contributed by atoms with Crippen molar-refractivity contribution in [2.45, 2.75) is 22.1 Å². The lowest BCUT2D eigenvalue weighted by Gasteiger charge is -2.39. The van der Waals surface area contributed by atoms with Crippen LogP contribution in [0, 0.1) is 6.92 Å². The fourth-order valence-corrected chi connectivity index (χ4v) is 11.3. The van der Waals surface area contributed by atoms with Crippen molar-refractivity contribution in [3.8, 4) is 11.1 Å². The van der Waals surface area contributed by atoms with E-state index in [0.717, 1.165) is 55.7 Å². The molecule has 3 heteroatoms. The fraction of sp³-hybridized carbons (Fsp3) is 0.0345. The maximum atomic E-state index is 6.73. The second-order valence-corrected chi connectivity index (χ2v) is 17.2. The van der Waals surface area contributed by atoms with E-state index < -0.39 is 5.41 Å². The van der Waals surface area contributed by atoms with Gasteiger partial charge in [-0.3, -0.25) is 0 Å². The van der Waals surface area contributed by atoms with E-state index >= 15 is 0 Å². The minimum Gasteiger partial charge on any atom is -0.456 e. The van der Waals surface area contributed by atoms with Crippen molar-refractivity contribution in [2.75, 3.05) is 4.90 Å². The summed E-state index contributed by atoms with van der Waals surface area (Å²) in [5.74, 6) is 0. The highest BCUT2D eigenvalue weighted by Crippen LogP contribution is 2.62. The predicted molar refractivity (Wildman–Crippen MR) is 254 cm³/mol. The molecule has 1 aromatic heterocycles. The maximum Gasteiger partial charge on any atom is 0.137 e. The van der Waals surface area contributed by atoms with Crippen LogP contribution in [-0.4, -0.2) is 0 Å². The van der Waals surface area contributed by atoms with Crippen molar-refractivity contribution in [1.29, 1.82) is 0 Å². The zero-order valence-corrected chi connectivity index (χ0v) is 34.4. The Labute approximate surface area is 360 Å². The van der Waals surface area contributed by atoms with E-state index in [2.05, 4.69) is 230 Å². The predicted octanol–water partition coefficient (Wildman–Crippen LogP) is 15.8. The highest BCUT2D eigenvalue weighted by molar-refractivity contribution is 7.99. The third kappa shape index (κ3) is 5.58. The molecule has 0 fully saturated rings. The molecule has 0 radical (unpaired) electrons. The lowest BCUT2D eigenvalue weighted by atomic mass is 9.67. The molecule has 9 aromatic carbocycles. The third-order valence-corrected chi connectivity index (χ3v) is 13.8.